The summed E-state index contributed by atoms with van der Waals surface area (Å²) >= 11 is 0. The summed E-state index contributed by atoms with van der Waals surface area (Å²) in [6.45, 7) is 12.7. The summed E-state index contributed by atoms with van der Waals surface area (Å²) in [6.07, 6.45) is 2.38. The van der Waals surface area contributed by atoms with Crippen molar-refractivity contribution in [1.82, 2.24) is 20.2 Å². The molecule has 1 N–H and O–H groups in total. The first-order chi connectivity index (χ1) is 9.57. The fourth-order valence-corrected chi connectivity index (χ4v) is 2.58. The van der Waals surface area contributed by atoms with Crippen molar-refractivity contribution >= 4 is 5.97 Å². The highest BCUT2D eigenvalue weighted by Crippen LogP contribution is 2.27. The third-order valence-corrected chi connectivity index (χ3v) is 3.89. The first-order valence-electron chi connectivity index (χ1n) is 7.56. The van der Waals surface area contributed by atoms with Crippen molar-refractivity contribution in [1.29, 1.82) is 0 Å². The maximum absolute atomic E-state index is 11.4. The van der Waals surface area contributed by atoms with Crippen LogP contribution in [0.2, 0.25) is 0 Å². The minimum Gasteiger partial charge on any atom is -0.481 e. The predicted octanol–water partition coefficient (Wildman–Crippen LogP) is 2.79. The van der Waals surface area contributed by atoms with Gasteiger partial charge in [0.25, 0.3) is 0 Å². The fourth-order valence-electron chi connectivity index (χ4n) is 2.58. The van der Waals surface area contributed by atoms with Crippen molar-refractivity contribution in [3.8, 4) is 0 Å². The summed E-state index contributed by atoms with van der Waals surface area (Å²) in [5, 5.41) is 21.1. The third-order valence-electron chi connectivity index (χ3n) is 3.89. The van der Waals surface area contributed by atoms with Gasteiger partial charge >= 0.3 is 5.97 Å². The number of carboxylic acids is 1. The number of rotatable bonds is 7. The van der Waals surface area contributed by atoms with E-state index in [2.05, 4.69) is 43.2 Å². The van der Waals surface area contributed by atoms with Gasteiger partial charge in [-0.2, -0.15) is 0 Å². The quantitative estimate of drug-likeness (QED) is 0.836. The van der Waals surface area contributed by atoms with E-state index in [1.807, 2.05) is 6.92 Å². The van der Waals surface area contributed by atoms with E-state index < -0.39 is 11.4 Å². The van der Waals surface area contributed by atoms with Crippen molar-refractivity contribution in [2.24, 2.45) is 16.7 Å². The Bertz CT molecular complexity index is 478. The van der Waals surface area contributed by atoms with Crippen LogP contribution in [0.5, 0.6) is 0 Å². The van der Waals surface area contributed by atoms with E-state index in [4.69, 9.17) is 0 Å². The van der Waals surface area contributed by atoms with Gasteiger partial charge < -0.3 is 5.11 Å². The lowest BCUT2D eigenvalue weighted by Gasteiger charge is -2.25. The Morgan fingerprint density at radius 1 is 1.33 bits per heavy atom. The second-order valence-electron chi connectivity index (χ2n) is 7.55. The lowest BCUT2D eigenvalue weighted by Crippen LogP contribution is -2.33. The van der Waals surface area contributed by atoms with Gasteiger partial charge in [0.15, 0.2) is 5.82 Å². The minimum absolute atomic E-state index is 0.261. The lowest BCUT2D eigenvalue weighted by molar-refractivity contribution is -0.149. The van der Waals surface area contributed by atoms with Gasteiger partial charge in [-0.1, -0.05) is 34.6 Å². The molecule has 0 amide bonds. The van der Waals surface area contributed by atoms with Crippen LogP contribution in [0, 0.1) is 16.7 Å². The Hall–Kier alpha value is -1.46. The zero-order valence-electron chi connectivity index (χ0n) is 14.1. The summed E-state index contributed by atoms with van der Waals surface area (Å²) in [5.74, 6) is 0.411. The number of nitrogens with zero attached hydrogens (tertiary/aromatic N) is 4. The number of aliphatic carboxylic acids is 1. The van der Waals surface area contributed by atoms with Crippen LogP contribution in [-0.4, -0.2) is 31.3 Å². The maximum atomic E-state index is 11.4. The topological polar surface area (TPSA) is 80.9 Å². The molecule has 0 aromatic carbocycles. The normalized spacial score (nSPS) is 16.5. The summed E-state index contributed by atoms with van der Waals surface area (Å²) in [4.78, 5) is 11.4. The van der Waals surface area contributed by atoms with E-state index in [0.29, 0.717) is 18.9 Å². The predicted molar refractivity (Wildman–Crippen MR) is 80.8 cm³/mol. The van der Waals surface area contributed by atoms with Gasteiger partial charge in [-0.25, -0.2) is 4.68 Å². The zero-order valence-corrected chi connectivity index (χ0v) is 14.1. The van der Waals surface area contributed by atoms with Crippen LogP contribution >= 0.6 is 0 Å². The van der Waals surface area contributed by atoms with Crippen molar-refractivity contribution < 1.29 is 9.90 Å². The average molecular weight is 296 g/mol. The minimum atomic E-state index is -0.836. The third kappa shape index (κ3) is 5.10. The number of carboxylic acid groups (broad SMARTS) is 1. The molecular formula is C15H28N4O2. The molecule has 0 spiro atoms. The van der Waals surface area contributed by atoms with Gasteiger partial charge in [0.05, 0.1) is 12.0 Å². The first-order valence-corrected chi connectivity index (χ1v) is 7.56. The fraction of sp³-hybridized carbons (Fsp3) is 0.867. The van der Waals surface area contributed by atoms with Crippen molar-refractivity contribution in [3.05, 3.63) is 5.82 Å². The number of hydrogen-bond acceptors (Lipinski definition) is 4. The highest BCUT2D eigenvalue weighted by molar-refractivity contribution is 5.73. The standard InChI is InChI=1S/C15H28N4O2/c1-7-15(6,13(20)21)10-19-12(16-17-18-19)8-11(2)9-14(3,4)5/h11H,7-10H2,1-6H3,(H,20,21). The van der Waals surface area contributed by atoms with Crippen molar-refractivity contribution in [2.45, 2.75) is 67.3 Å². The van der Waals surface area contributed by atoms with Crippen LogP contribution in [0.25, 0.3) is 0 Å². The van der Waals surface area contributed by atoms with E-state index in [1.165, 1.54) is 0 Å². The van der Waals surface area contributed by atoms with Crippen LogP contribution in [-0.2, 0) is 17.8 Å². The summed E-state index contributed by atoms with van der Waals surface area (Å²) in [6, 6.07) is 0. The number of aromatic nitrogens is 4. The Kier molecular flexibility index (Phi) is 5.48. The molecule has 0 aliphatic heterocycles. The molecule has 1 heterocycles. The van der Waals surface area contributed by atoms with E-state index in [1.54, 1.807) is 11.6 Å². The molecule has 0 bridgehead atoms. The molecule has 2 unspecified atom stereocenters. The van der Waals surface area contributed by atoms with E-state index >= 15 is 0 Å². The van der Waals surface area contributed by atoms with Crippen LogP contribution < -0.4 is 0 Å². The molecule has 120 valence electrons. The van der Waals surface area contributed by atoms with Crippen LogP contribution in [0.3, 0.4) is 0 Å². The second kappa shape index (κ2) is 6.54. The molecule has 0 aliphatic rings. The van der Waals surface area contributed by atoms with Gasteiger partial charge in [-0.3, -0.25) is 4.79 Å². The monoisotopic (exact) mass is 296 g/mol. The molecule has 1 aromatic heterocycles. The van der Waals surface area contributed by atoms with Crippen molar-refractivity contribution in [3.63, 3.8) is 0 Å². The molecule has 21 heavy (non-hydrogen) atoms. The SMILES string of the molecule is CCC(C)(Cn1nnnc1CC(C)CC(C)(C)C)C(=O)O. The van der Waals surface area contributed by atoms with Gasteiger partial charge in [-0.05, 0) is 41.5 Å². The number of tetrazole rings is 1. The molecule has 0 radical (unpaired) electrons. The number of carbonyl (C=O) groups is 1. The molecule has 0 fully saturated rings. The molecule has 2 atom stereocenters. The lowest BCUT2D eigenvalue weighted by atomic mass is 9.84. The summed E-state index contributed by atoms with van der Waals surface area (Å²) < 4.78 is 1.65. The molecule has 0 aliphatic carbocycles. The Morgan fingerprint density at radius 2 is 1.95 bits per heavy atom. The van der Waals surface area contributed by atoms with Crippen LogP contribution in [0.15, 0.2) is 0 Å². The largest absolute Gasteiger partial charge is 0.481 e. The Morgan fingerprint density at radius 3 is 2.43 bits per heavy atom. The average Bonchev–Trinajstić information content (AvgIpc) is 2.73. The molecule has 1 aromatic rings. The molecule has 0 saturated heterocycles. The van der Waals surface area contributed by atoms with Crippen LogP contribution in [0.1, 0.15) is 60.2 Å². The zero-order chi connectivity index (χ0) is 16.3. The summed E-state index contributed by atoms with van der Waals surface area (Å²) in [5.41, 5.74) is -0.575. The van der Waals surface area contributed by atoms with E-state index in [0.717, 1.165) is 18.7 Å². The van der Waals surface area contributed by atoms with E-state index in [9.17, 15) is 9.90 Å². The molecule has 0 saturated carbocycles. The second-order valence-corrected chi connectivity index (χ2v) is 7.55. The van der Waals surface area contributed by atoms with Crippen molar-refractivity contribution in [2.75, 3.05) is 0 Å². The van der Waals surface area contributed by atoms with Crippen LogP contribution in [0.4, 0.5) is 0 Å². The van der Waals surface area contributed by atoms with Gasteiger partial charge in [-0.15, -0.1) is 5.10 Å². The first kappa shape index (κ1) is 17.6. The summed E-state index contributed by atoms with van der Waals surface area (Å²) in [7, 11) is 0. The number of hydrogen-bond donors (Lipinski definition) is 1. The maximum Gasteiger partial charge on any atom is 0.311 e. The molecular weight excluding hydrogens is 268 g/mol. The smallest absolute Gasteiger partial charge is 0.311 e. The van der Waals surface area contributed by atoms with Gasteiger partial charge in [0.2, 0.25) is 0 Å². The molecule has 1 rings (SSSR count). The Balaban J connectivity index is 2.80. The highest BCUT2D eigenvalue weighted by atomic mass is 16.4. The van der Waals surface area contributed by atoms with Gasteiger partial charge in [0, 0.05) is 6.42 Å². The molecule has 6 heteroatoms. The highest BCUT2D eigenvalue weighted by Gasteiger charge is 2.33. The molecule has 6 nitrogen and oxygen atoms in total. The van der Waals surface area contributed by atoms with E-state index in [-0.39, 0.29) is 5.41 Å². The Labute approximate surface area is 126 Å². The van der Waals surface area contributed by atoms with Gasteiger partial charge in [0.1, 0.15) is 0 Å².